The molecule has 1 atom stereocenters. The molecule has 0 aliphatic heterocycles. The minimum atomic E-state index is -0.627. The van der Waals surface area contributed by atoms with Crippen LogP contribution in [0.1, 0.15) is 36.6 Å². The monoisotopic (exact) mass is 258 g/mol. The molecule has 0 aromatic heterocycles. The van der Waals surface area contributed by atoms with E-state index in [1.165, 1.54) is 12.1 Å². The van der Waals surface area contributed by atoms with E-state index in [0.717, 1.165) is 16.7 Å². The van der Waals surface area contributed by atoms with Crippen molar-refractivity contribution in [2.45, 2.75) is 32.3 Å². The fraction of sp³-hybridized carbons (Fsp3) is 0.294. The second-order valence-electron chi connectivity index (χ2n) is 5.55. The van der Waals surface area contributed by atoms with E-state index in [1.807, 2.05) is 45.0 Å². The van der Waals surface area contributed by atoms with Gasteiger partial charge < -0.3 is 5.11 Å². The molecule has 100 valence electrons. The van der Waals surface area contributed by atoms with Crippen molar-refractivity contribution in [2.24, 2.45) is 0 Å². The predicted molar refractivity (Wildman–Crippen MR) is 75.6 cm³/mol. The molecular formula is C17H19FO. The molecule has 0 aliphatic rings. The smallest absolute Gasteiger partial charge is 0.123 e. The van der Waals surface area contributed by atoms with E-state index in [4.69, 9.17) is 0 Å². The second-order valence-corrected chi connectivity index (χ2v) is 5.55. The van der Waals surface area contributed by atoms with Crippen molar-refractivity contribution in [1.29, 1.82) is 0 Å². The van der Waals surface area contributed by atoms with Gasteiger partial charge in [-0.25, -0.2) is 4.39 Å². The Morgan fingerprint density at radius 2 is 1.68 bits per heavy atom. The third-order valence-electron chi connectivity index (χ3n) is 3.63. The summed E-state index contributed by atoms with van der Waals surface area (Å²) >= 11 is 0. The third kappa shape index (κ3) is 2.85. The normalized spacial score (nSPS) is 13.3. The van der Waals surface area contributed by atoms with Gasteiger partial charge in [0.1, 0.15) is 5.82 Å². The van der Waals surface area contributed by atoms with Crippen LogP contribution < -0.4 is 0 Å². The van der Waals surface area contributed by atoms with E-state index < -0.39 is 11.5 Å². The molecule has 0 saturated carbocycles. The number of benzene rings is 2. The Kier molecular flexibility index (Phi) is 3.72. The molecule has 0 heterocycles. The van der Waals surface area contributed by atoms with Gasteiger partial charge in [0.2, 0.25) is 0 Å². The highest BCUT2D eigenvalue weighted by atomic mass is 19.1. The lowest BCUT2D eigenvalue weighted by Crippen LogP contribution is -2.26. The molecular weight excluding hydrogens is 239 g/mol. The highest BCUT2D eigenvalue weighted by Gasteiger charge is 2.31. The molecule has 0 fully saturated rings. The van der Waals surface area contributed by atoms with Gasteiger partial charge >= 0.3 is 0 Å². The van der Waals surface area contributed by atoms with Crippen molar-refractivity contribution in [3.05, 3.63) is 71.0 Å². The van der Waals surface area contributed by atoms with E-state index in [1.54, 1.807) is 12.1 Å². The first-order valence-electron chi connectivity index (χ1n) is 6.42. The van der Waals surface area contributed by atoms with Gasteiger partial charge in [-0.1, -0.05) is 55.8 Å². The van der Waals surface area contributed by atoms with Crippen LogP contribution in [0.5, 0.6) is 0 Å². The van der Waals surface area contributed by atoms with Crippen molar-refractivity contribution in [1.82, 2.24) is 0 Å². The first-order valence-corrected chi connectivity index (χ1v) is 6.42. The zero-order valence-electron chi connectivity index (χ0n) is 11.5. The number of hydrogen-bond acceptors (Lipinski definition) is 1. The summed E-state index contributed by atoms with van der Waals surface area (Å²) in [4.78, 5) is 0. The average Bonchev–Trinajstić information content (AvgIpc) is 2.38. The van der Waals surface area contributed by atoms with E-state index in [2.05, 4.69) is 0 Å². The van der Waals surface area contributed by atoms with Gasteiger partial charge in [0.25, 0.3) is 0 Å². The topological polar surface area (TPSA) is 20.2 Å². The van der Waals surface area contributed by atoms with Crippen LogP contribution in [0.25, 0.3) is 0 Å². The van der Waals surface area contributed by atoms with E-state index >= 15 is 0 Å². The molecule has 2 rings (SSSR count). The Bertz CT molecular complexity index is 558. The highest BCUT2D eigenvalue weighted by molar-refractivity contribution is 5.32. The molecule has 2 heteroatoms. The predicted octanol–water partition coefficient (Wildman–Crippen LogP) is 4.15. The second kappa shape index (κ2) is 5.14. The summed E-state index contributed by atoms with van der Waals surface area (Å²) < 4.78 is 13.0. The van der Waals surface area contributed by atoms with Crippen molar-refractivity contribution >= 4 is 0 Å². The van der Waals surface area contributed by atoms with Crippen molar-refractivity contribution < 1.29 is 9.50 Å². The minimum Gasteiger partial charge on any atom is -0.388 e. The minimum absolute atomic E-state index is 0.260. The van der Waals surface area contributed by atoms with Crippen LogP contribution in [-0.4, -0.2) is 5.11 Å². The molecule has 1 N–H and O–H groups in total. The van der Waals surface area contributed by atoms with E-state index in [-0.39, 0.29) is 5.82 Å². The fourth-order valence-electron chi connectivity index (χ4n) is 2.29. The quantitative estimate of drug-likeness (QED) is 0.877. The number of aliphatic hydroxyl groups excluding tert-OH is 1. The number of aliphatic hydroxyl groups is 1. The number of hydrogen-bond donors (Lipinski definition) is 1. The lowest BCUT2D eigenvalue weighted by Gasteiger charge is -2.31. The molecule has 0 spiro atoms. The van der Waals surface area contributed by atoms with Crippen LogP contribution in [0.3, 0.4) is 0 Å². The maximum absolute atomic E-state index is 13.0. The van der Waals surface area contributed by atoms with Gasteiger partial charge in [-0.15, -0.1) is 0 Å². The number of aryl methyl sites for hydroxylation is 1. The summed E-state index contributed by atoms with van der Waals surface area (Å²) in [5, 5.41) is 10.6. The molecule has 0 saturated heterocycles. The maximum atomic E-state index is 13.0. The summed E-state index contributed by atoms with van der Waals surface area (Å²) in [6.45, 7) is 5.93. The van der Waals surface area contributed by atoms with Crippen molar-refractivity contribution in [3.63, 3.8) is 0 Å². The Labute approximate surface area is 113 Å². The maximum Gasteiger partial charge on any atom is 0.123 e. The Morgan fingerprint density at radius 3 is 2.26 bits per heavy atom. The van der Waals surface area contributed by atoms with Crippen LogP contribution in [0.15, 0.2) is 48.5 Å². The number of halogens is 1. The Balaban J connectivity index is 2.35. The summed E-state index contributed by atoms with van der Waals surface area (Å²) in [5.41, 5.74) is 2.45. The zero-order valence-corrected chi connectivity index (χ0v) is 11.5. The first-order chi connectivity index (χ1) is 8.91. The van der Waals surface area contributed by atoms with Crippen LogP contribution in [0.4, 0.5) is 4.39 Å². The highest BCUT2D eigenvalue weighted by Crippen LogP contribution is 2.36. The standard InChI is InChI=1S/C17H19FO/c1-12-5-4-6-13(11-12)16(19)17(2,3)14-7-9-15(18)10-8-14/h4-11,16,19H,1-3H3. The Morgan fingerprint density at radius 1 is 1.05 bits per heavy atom. The average molecular weight is 258 g/mol. The molecule has 0 bridgehead atoms. The van der Waals surface area contributed by atoms with E-state index in [9.17, 15) is 9.50 Å². The van der Waals surface area contributed by atoms with Gasteiger partial charge in [-0.05, 0) is 30.2 Å². The zero-order chi connectivity index (χ0) is 14.0. The van der Waals surface area contributed by atoms with Gasteiger partial charge in [-0.2, -0.15) is 0 Å². The summed E-state index contributed by atoms with van der Waals surface area (Å²) in [5.74, 6) is -0.260. The van der Waals surface area contributed by atoms with Crippen LogP contribution >= 0.6 is 0 Å². The summed E-state index contributed by atoms with van der Waals surface area (Å²) in [6.07, 6.45) is -0.627. The molecule has 0 aliphatic carbocycles. The van der Waals surface area contributed by atoms with Crippen LogP contribution in [-0.2, 0) is 5.41 Å². The van der Waals surface area contributed by atoms with E-state index in [0.29, 0.717) is 0 Å². The molecule has 0 radical (unpaired) electrons. The lowest BCUT2D eigenvalue weighted by molar-refractivity contribution is 0.100. The van der Waals surface area contributed by atoms with Crippen LogP contribution in [0, 0.1) is 12.7 Å². The summed E-state index contributed by atoms with van der Waals surface area (Å²) in [6, 6.07) is 14.2. The molecule has 1 nitrogen and oxygen atoms in total. The molecule has 2 aromatic carbocycles. The third-order valence-corrected chi connectivity index (χ3v) is 3.63. The molecule has 0 amide bonds. The van der Waals surface area contributed by atoms with Gasteiger partial charge in [0.05, 0.1) is 6.10 Å². The van der Waals surface area contributed by atoms with Gasteiger partial charge in [0, 0.05) is 5.41 Å². The fourth-order valence-corrected chi connectivity index (χ4v) is 2.29. The molecule has 2 aromatic rings. The van der Waals surface area contributed by atoms with Crippen molar-refractivity contribution in [3.8, 4) is 0 Å². The molecule has 1 unspecified atom stereocenters. The lowest BCUT2D eigenvalue weighted by atomic mass is 9.76. The largest absolute Gasteiger partial charge is 0.388 e. The molecule has 19 heavy (non-hydrogen) atoms. The SMILES string of the molecule is Cc1cccc(C(O)C(C)(C)c2ccc(F)cc2)c1. The van der Waals surface area contributed by atoms with Gasteiger partial charge in [0.15, 0.2) is 0 Å². The Hall–Kier alpha value is -1.67. The first kappa shape index (κ1) is 13.8. The number of rotatable bonds is 3. The summed E-state index contributed by atoms with van der Waals surface area (Å²) in [7, 11) is 0. The van der Waals surface area contributed by atoms with Crippen LogP contribution in [0.2, 0.25) is 0 Å². The van der Waals surface area contributed by atoms with Crippen molar-refractivity contribution in [2.75, 3.05) is 0 Å². The van der Waals surface area contributed by atoms with Gasteiger partial charge in [-0.3, -0.25) is 0 Å².